The quantitative estimate of drug-likeness (QED) is 0.581. The highest BCUT2D eigenvalue weighted by atomic mass is 19.1. The molecule has 1 amide bonds. The fraction of sp³-hybridized carbons (Fsp3) is 0.222. The molecule has 2 aromatic rings. The monoisotopic (exact) mass is 328 g/mol. The van der Waals surface area contributed by atoms with Gasteiger partial charge in [0.05, 0.1) is 0 Å². The molecule has 0 fully saturated rings. The minimum Gasteiger partial charge on any atom is -0.355 e. The van der Waals surface area contributed by atoms with Crippen molar-refractivity contribution in [3.05, 3.63) is 71.0 Å². The molecule has 24 heavy (non-hydrogen) atoms. The number of guanidine groups is 1. The number of aliphatic imine (C=N–C) groups is 1. The van der Waals surface area contributed by atoms with E-state index in [-0.39, 0.29) is 11.7 Å². The van der Waals surface area contributed by atoms with Crippen LogP contribution in [0.4, 0.5) is 4.39 Å². The highest BCUT2D eigenvalue weighted by molar-refractivity contribution is 5.94. The summed E-state index contributed by atoms with van der Waals surface area (Å²) in [7, 11) is 3.25. The lowest BCUT2D eigenvalue weighted by Crippen LogP contribution is -2.36. The van der Waals surface area contributed by atoms with Crippen molar-refractivity contribution in [2.45, 2.75) is 13.1 Å². The second-order valence-electron chi connectivity index (χ2n) is 5.15. The van der Waals surface area contributed by atoms with Gasteiger partial charge in [-0.1, -0.05) is 30.3 Å². The molecule has 3 N–H and O–H groups in total. The molecule has 0 heterocycles. The van der Waals surface area contributed by atoms with E-state index >= 15 is 0 Å². The van der Waals surface area contributed by atoms with E-state index in [2.05, 4.69) is 20.9 Å². The van der Waals surface area contributed by atoms with Crippen LogP contribution in [0.15, 0.2) is 53.5 Å². The maximum absolute atomic E-state index is 13.6. The third kappa shape index (κ3) is 4.81. The molecule has 6 heteroatoms. The van der Waals surface area contributed by atoms with Crippen LogP contribution in [0.5, 0.6) is 0 Å². The Hall–Kier alpha value is -2.89. The molecular weight excluding hydrogens is 307 g/mol. The second kappa shape index (κ2) is 8.67. The summed E-state index contributed by atoms with van der Waals surface area (Å²) in [6.07, 6.45) is 0. The topological polar surface area (TPSA) is 65.5 Å². The highest BCUT2D eigenvalue weighted by Crippen LogP contribution is 2.06. The van der Waals surface area contributed by atoms with Crippen molar-refractivity contribution in [2.75, 3.05) is 14.1 Å². The number of hydrogen-bond donors (Lipinski definition) is 3. The van der Waals surface area contributed by atoms with E-state index in [1.54, 1.807) is 38.4 Å². The molecule has 0 aliphatic heterocycles. The van der Waals surface area contributed by atoms with E-state index in [4.69, 9.17) is 0 Å². The van der Waals surface area contributed by atoms with E-state index in [1.165, 1.54) is 6.07 Å². The Bertz CT molecular complexity index is 730. The minimum atomic E-state index is -0.251. The van der Waals surface area contributed by atoms with Crippen LogP contribution in [0.25, 0.3) is 0 Å². The normalized spacial score (nSPS) is 11.0. The third-order valence-electron chi connectivity index (χ3n) is 3.50. The van der Waals surface area contributed by atoms with Crippen LogP contribution in [0.1, 0.15) is 21.5 Å². The van der Waals surface area contributed by atoms with Crippen LogP contribution in [0, 0.1) is 5.82 Å². The van der Waals surface area contributed by atoms with Crippen molar-refractivity contribution in [1.29, 1.82) is 0 Å². The summed E-state index contributed by atoms with van der Waals surface area (Å²) in [5.41, 5.74) is 2.12. The summed E-state index contributed by atoms with van der Waals surface area (Å²) in [5, 5.41) is 8.81. The van der Waals surface area contributed by atoms with Gasteiger partial charge < -0.3 is 16.0 Å². The van der Waals surface area contributed by atoms with Crippen molar-refractivity contribution in [3.8, 4) is 0 Å². The highest BCUT2D eigenvalue weighted by Gasteiger charge is 2.05. The Morgan fingerprint density at radius 2 is 1.83 bits per heavy atom. The van der Waals surface area contributed by atoms with Gasteiger partial charge in [-0.15, -0.1) is 0 Å². The first-order valence-corrected chi connectivity index (χ1v) is 7.63. The molecule has 0 saturated carbocycles. The van der Waals surface area contributed by atoms with Crippen LogP contribution < -0.4 is 16.0 Å². The third-order valence-corrected chi connectivity index (χ3v) is 3.50. The predicted octanol–water partition coefficient (Wildman–Crippen LogP) is 2.05. The van der Waals surface area contributed by atoms with Gasteiger partial charge in [-0.05, 0) is 23.8 Å². The molecule has 0 unspecified atom stereocenters. The fourth-order valence-corrected chi connectivity index (χ4v) is 2.19. The number of halogens is 1. The summed E-state index contributed by atoms with van der Waals surface area (Å²) in [5.74, 6) is 0.182. The van der Waals surface area contributed by atoms with Crippen molar-refractivity contribution in [1.82, 2.24) is 16.0 Å². The molecule has 0 spiro atoms. The Morgan fingerprint density at radius 1 is 1.08 bits per heavy atom. The Kier molecular flexibility index (Phi) is 6.31. The van der Waals surface area contributed by atoms with Crippen LogP contribution in [-0.2, 0) is 13.1 Å². The Morgan fingerprint density at radius 3 is 2.54 bits per heavy atom. The molecule has 0 saturated heterocycles. The zero-order valence-electron chi connectivity index (χ0n) is 13.8. The summed E-state index contributed by atoms with van der Waals surface area (Å²) in [6, 6.07) is 13.9. The van der Waals surface area contributed by atoms with Crippen LogP contribution in [0.2, 0.25) is 0 Å². The van der Waals surface area contributed by atoms with Gasteiger partial charge in [0.15, 0.2) is 5.96 Å². The zero-order valence-corrected chi connectivity index (χ0v) is 13.8. The molecule has 2 rings (SSSR count). The smallest absolute Gasteiger partial charge is 0.251 e. The summed E-state index contributed by atoms with van der Waals surface area (Å²) < 4.78 is 13.6. The number of nitrogens with one attached hydrogen (secondary N) is 3. The SMILES string of the molecule is CN=C(NCc1cccc(C(=O)NC)c1)NCc1ccccc1F. The van der Waals surface area contributed by atoms with Crippen molar-refractivity contribution < 1.29 is 9.18 Å². The van der Waals surface area contributed by atoms with Crippen LogP contribution in [0.3, 0.4) is 0 Å². The number of benzene rings is 2. The number of rotatable bonds is 5. The van der Waals surface area contributed by atoms with Gasteiger partial charge in [0, 0.05) is 38.3 Å². The molecular formula is C18H21FN4O. The predicted molar refractivity (Wildman–Crippen MR) is 93.3 cm³/mol. The number of amides is 1. The van der Waals surface area contributed by atoms with Crippen LogP contribution >= 0.6 is 0 Å². The maximum Gasteiger partial charge on any atom is 0.251 e. The van der Waals surface area contributed by atoms with E-state index in [1.807, 2.05) is 18.2 Å². The molecule has 2 aromatic carbocycles. The average Bonchev–Trinajstić information content (AvgIpc) is 2.62. The van der Waals surface area contributed by atoms with Crippen molar-refractivity contribution in [2.24, 2.45) is 4.99 Å². The first-order chi connectivity index (χ1) is 11.6. The molecule has 0 bridgehead atoms. The number of hydrogen-bond acceptors (Lipinski definition) is 2. The Labute approximate surface area is 141 Å². The lowest BCUT2D eigenvalue weighted by molar-refractivity contribution is 0.0963. The summed E-state index contributed by atoms with van der Waals surface area (Å²) in [4.78, 5) is 15.8. The second-order valence-corrected chi connectivity index (χ2v) is 5.15. The fourth-order valence-electron chi connectivity index (χ4n) is 2.19. The largest absolute Gasteiger partial charge is 0.355 e. The first-order valence-electron chi connectivity index (χ1n) is 7.63. The summed E-state index contributed by atoms with van der Waals surface area (Å²) in [6.45, 7) is 0.840. The Balaban J connectivity index is 1.92. The first kappa shape index (κ1) is 17.5. The molecule has 126 valence electrons. The average molecular weight is 328 g/mol. The van der Waals surface area contributed by atoms with Gasteiger partial charge >= 0.3 is 0 Å². The number of carbonyl (C=O) groups excluding carboxylic acids is 1. The molecule has 0 atom stereocenters. The maximum atomic E-state index is 13.6. The van der Waals surface area contributed by atoms with Gasteiger partial charge in [-0.3, -0.25) is 9.79 Å². The van der Waals surface area contributed by atoms with Crippen molar-refractivity contribution in [3.63, 3.8) is 0 Å². The molecule has 0 aliphatic carbocycles. The van der Waals surface area contributed by atoms with Gasteiger partial charge in [-0.25, -0.2) is 4.39 Å². The van der Waals surface area contributed by atoms with Gasteiger partial charge in [0.25, 0.3) is 5.91 Å². The lowest BCUT2D eigenvalue weighted by atomic mass is 10.1. The molecule has 0 radical (unpaired) electrons. The van der Waals surface area contributed by atoms with E-state index < -0.39 is 0 Å². The molecule has 0 aliphatic rings. The minimum absolute atomic E-state index is 0.126. The standard InChI is InChI=1S/C18H21FN4O/c1-20-17(24)14-8-5-6-13(10-14)11-22-18(21-2)23-12-15-7-3-4-9-16(15)19/h3-10H,11-12H2,1-2H3,(H,20,24)(H2,21,22,23). The van der Waals surface area contributed by atoms with Crippen LogP contribution in [-0.4, -0.2) is 26.0 Å². The van der Waals surface area contributed by atoms with Gasteiger partial charge in [-0.2, -0.15) is 0 Å². The molecule has 0 aromatic heterocycles. The lowest BCUT2D eigenvalue weighted by Gasteiger charge is -2.13. The summed E-state index contributed by atoms with van der Waals surface area (Å²) >= 11 is 0. The van der Waals surface area contributed by atoms with E-state index in [9.17, 15) is 9.18 Å². The van der Waals surface area contributed by atoms with E-state index in [0.29, 0.717) is 30.2 Å². The zero-order chi connectivity index (χ0) is 17.4. The van der Waals surface area contributed by atoms with E-state index in [0.717, 1.165) is 5.56 Å². The van der Waals surface area contributed by atoms with Crippen molar-refractivity contribution >= 4 is 11.9 Å². The van der Waals surface area contributed by atoms with Gasteiger partial charge in [0.1, 0.15) is 5.82 Å². The number of nitrogens with zero attached hydrogens (tertiary/aromatic N) is 1. The molecule has 5 nitrogen and oxygen atoms in total. The van der Waals surface area contributed by atoms with Gasteiger partial charge in [0.2, 0.25) is 0 Å². The number of carbonyl (C=O) groups is 1.